The largest absolute Gasteiger partial charge is 0.486 e. The summed E-state index contributed by atoms with van der Waals surface area (Å²) in [7, 11) is 0. The zero-order valence-electron chi connectivity index (χ0n) is 16.7. The quantitative estimate of drug-likeness (QED) is 0.750. The van der Waals surface area contributed by atoms with Crippen LogP contribution in [0.2, 0.25) is 5.02 Å². The minimum Gasteiger partial charge on any atom is -0.486 e. The van der Waals surface area contributed by atoms with Gasteiger partial charge < -0.3 is 14.4 Å². The maximum absolute atomic E-state index is 12.7. The number of likely N-dealkylation sites (tertiary alicyclic amines) is 1. The van der Waals surface area contributed by atoms with E-state index in [1.807, 2.05) is 44.2 Å². The minimum absolute atomic E-state index is 0.0102. The molecule has 5 nitrogen and oxygen atoms in total. The molecule has 0 bridgehead atoms. The van der Waals surface area contributed by atoms with Crippen LogP contribution in [0.5, 0.6) is 11.5 Å². The number of ether oxygens (including phenoxy) is 2. The maximum atomic E-state index is 12.7. The molecule has 2 heterocycles. The molecule has 0 saturated carbocycles. The number of rotatable bonds is 3. The number of hydrogen-bond donors (Lipinski definition) is 0. The normalized spacial score (nSPS) is 17.6. The first-order valence-corrected chi connectivity index (χ1v) is 10.2. The predicted octanol–water partition coefficient (Wildman–Crippen LogP) is 4.36. The number of amides is 1. The van der Waals surface area contributed by atoms with E-state index in [4.69, 9.17) is 21.1 Å². The van der Waals surface area contributed by atoms with Gasteiger partial charge >= 0.3 is 0 Å². The summed E-state index contributed by atoms with van der Waals surface area (Å²) < 4.78 is 12.0. The van der Waals surface area contributed by atoms with E-state index in [-0.39, 0.29) is 18.3 Å². The molecule has 152 valence electrons. The van der Waals surface area contributed by atoms with Gasteiger partial charge in [0, 0.05) is 31.0 Å². The molecule has 0 radical (unpaired) electrons. The molecule has 6 heteroatoms. The Hall–Kier alpha value is -2.53. The highest BCUT2D eigenvalue weighted by molar-refractivity contribution is 6.31. The van der Waals surface area contributed by atoms with Crippen LogP contribution in [0.25, 0.3) is 0 Å². The number of carbonyl (C=O) groups is 2. The summed E-state index contributed by atoms with van der Waals surface area (Å²) in [6.07, 6.45) is 1.56. The van der Waals surface area contributed by atoms with E-state index < -0.39 is 5.60 Å². The Kier molecular flexibility index (Phi) is 5.26. The molecule has 0 aliphatic carbocycles. The summed E-state index contributed by atoms with van der Waals surface area (Å²) >= 11 is 6.10. The Morgan fingerprint density at radius 3 is 2.55 bits per heavy atom. The standard InChI is InChI=1S/C23H24ClNO4/c1-15-3-5-18(6-4-15)28-14-21(27)25-9-7-23(8-10-25)13-20(26)19-12-17(24)11-16(2)22(19)29-23/h3-6,11-12H,7-10,13-14H2,1-2H3. The summed E-state index contributed by atoms with van der Waals surface area (Å²) in [5, 5.41) is 0.545. The van der Waals surface area contributed by atoms with Crippen molar-refractivity contribution in [1.82, 2.24) is 4.90 Å². The van der Waals surface area contributed by atoms with Crippen molar-refractivity contribution >= 4 is 23.3 Å². The predicted molar refractivity (Wildman–Crippen MR) is 111 cm³/mol. The number of fused-ring (bicyclic) bond motifs is 1. The Bertz CT molecular complexity index is 946. The second-order valence-electron chi connectivity index (χ2n) is 7.97. The number of aryl methyl sites for hydroxylation is 2. The molecule has 2 aliphatic rings. The second-order valence-corrected chi connectivity index (χ2v) is 8.40. The van der Waals surface area contributed by atoms with Crippen molar-refractivity contribution in [3.63, 3.8) is 0 Å². The first-order chi connectivity index (χ1) is 13.8. The number of nitrogens with zero attached hydrogens (tertiary/aromatic N) is 1. The number of benzene rings is 2. The number of ketones is 1. The molecule has 2 aliphatic heterocycles. The molecule has 0 atom stereocenters. The Labute approximate surface area is 175 Å². The van der Waals surface area contributed by atoms with E-state index >= 15 is 0 Å². The monoisotopic (exact) mass is 413 g/mol. The van der Waals surface area contributed by atoms with Crippen LogP contribution in [-0.4, -0.2) is 41.9 Å². The summed E-state index contributed by atoms with van der Waals surface area (Å²) in [6.45, 7) is 5.01. The molecule has 0 aromatic heterocycles. The number of piperidine rings is 1. The van der Waals surface area contributed by atoms with Gasteiger partial charge in [-0.1, -0.05) is 29.3 Å². The lowest BCUT2D eigenvalue weighted by molar-refractivity contribution is -0.136. The Morgan fingerprint density at radius 1 is 1.17 bits per heavy atom. The summed E-state index contributed by atoms with van der Waals surface area (Å²) in [5.41, 5.74) is 2.03. The highest BCUT2D eigenvalue weighted by Crippen LogP contribution is 2.42. The van der Waals surface area contributed by atoms with Gasteiger partial charge in [-0.15, -0.1) is 0 Å². The fourth-order valence-electron chi connectivity index (χ4n) is 4.03. The van der Waals surface area contributed by atoms with Gasteiger partial charge in [0.05, 0.1) is 12.0 Å². The Balaban J connectivity index is 1.38. The molecule has 29 heavy (non-hydrogen) atoms. The smallest absolute Gasteiger partial charge is 0.260 e. The first-order valence-electron chi connectivity index (χ1n) is 9.85. The van der Waals surface area contributed by atoms with Crippen molar-refractivity contribution in [3.8, 4) is 11.5 Å². The maximum Gasteiger partial charge on any atom is 0.260 e. The molecule has 1 fully saturated rings. The van der Waals surface area contributed by atoms with Crippen molar-refractivity contribution < 1.29 is 19.1 Å². The molecule has 1 spiro atoms. The van der Waals surface area contributed by atoms with E-state index in [0.717, 1.165) is 11.1 Å². The average Bonchev–Trinajstić information content (AvgIpc) is 2.69. The van der Waals surface area contributed by atoms with Crippen LogP contribution in [0.3, 0.4) is 0 Å². The van der Waals surface area contributed by atoms with Gasteiger partial charge in [0.1, 0.15) is 17.1 Å². The van der Waals surface area contributed by atoms with Crippen LogP contribution in [0.4, 0.5) is 0 Å². The highest BCUT2D eigenvalue weighted by Gasteiger charge is 2.44. The van der Waals surface area contributed by atoms with Gasteiger partial charge in [-0.3, -0.25) is 9.59 Å². The van der Waals surface area contributed by atoms with Crippen LogP contribution < -0.4 is 9.47 Å². The Morgan fingerprint density at radius 2 is 1.86 bits per heavy atom. The number of Topliss-reactive ketones (excluding diaryl/α,β-unsaturated/α-hetero) is 1. The molecular weight excluding hydrogens is 390 g/mol. The van der Waals surface area contributed by atoms with Crippen LogP contribution in [0.15, 0.2) is 36.4 Å². The number of halogens is 1. The SMILES string of the molecule is Cc1ccc(OCC(=O)N2CCC3(CC2)CC(=O)c2cc(Cl)cc(C)c2O3)cc1. The van der Waals surface area contributed by atoms with Crippen LogP contribution >= 0.6 is 11.6 Å². The van der Waals surface area contributed by atoms with Crippen molar-refractivity contribution in [2.45, 2.75) is 38.7 Å². The van der Waals surface area contributed by atoms with E-state index in [0.29, 0.717) is 54.4 Å². The highest BCUT2D eigenvalue weighted by atomic mass is 35.5. The fourth-order valence-corrected chi connectivity index (χ4v) is 4.30. The fraction of sp³-hybridized carbons (Fsp3) is 0.391. The third-order valence-corrected chi connectivity index (χ3v) is 5.97. The van der Waals surface area contributed by atoms with Crippen LogP contribution in [0.1, 0.15) is 40.7 Å². The van der Waals surface area contributed by atoms with Gasteiger partial charge in [-0.05, 0) is 43.7 Å². The number of hydrogen-bond acceptors (Lipinski definition) is 4. The minimum atomic E-state index is -0.544. The molecule has 1 saturated heterocycles. The third-order valence-electron chi connectivity index (χ3n) is 5.75. The molecule has 2 aromatic carbocycles. The van der Waals surface area contributed by atoms with Gasteiger partial charge in [0.25, 0.3) is 5.91 Å². The van der Waals surface area contributed by atoms with Crippen LogP contribution in [0, 0.1) is 13.8 Å². The molecule has 0 unspecified atom stereocenters. The van der Waals surface area contributed by atoms with E-state index in [1.165, 1.54) is 0 Å². The zero-order chi connectivity index (χ0) is 20.6. The summed E-state index contributed by atoms with van der Waals surface area (Å²) in [5.74, 6) is 1.32. The van der Waals surface area contributed by atoms with E-state index in [1.54, 1.807) is 11.0 Å². The zero-order valence-corrected chi connectivity index (χ0v) is 17.4. The lowest BCUT2D eigenvalue weighted by Crippen LogP contribution is -2.53. The topological polar surface area (TPSA) is 55.8 Å². The van der Waals surface area contributed by atoms with Gasteiger partial charge in [0.15, 0.2) is 12.4 Å². The van der Waals surface area contributed by atoms with E-state index in [9.17, 15) is 9.59 Å². The summed E-state index contributed by atoms with van der Waals surface area (Å²) in [6, 6.07) is 11.1. The molecule has 1 amide bonds. The van der Waals surface area contributed by atoms with Gasteiger partial charge in [-0.25, -0.2) is 0 Å². The van der Waals surface area contributed by atoms with Crippen LogP contribution in [-0.2, 0) is 4.79 Å². The molecular formula is C23H24ClNO4. The molecule has 0 N–H and O–H groups in total. The number of carbonyl (C=O) groups excluding carboxylic acids is 2. The van der Waals surface area contributed by atoms with Crippen molar-refractivity contribution in [3.05, 3.63) is 58.1 Å². The lowest BCUT2D eigenvalue weighted by atomic mass is 9.82. The van der Waals surface area contributed by atoms with Gasteiger partial charge in [0.2, 0.25) is 0 Å². The lowest BCUT2D eigenvalue weighted by Gasteiger charge is -2.44. The van der Waals surface area contributed by atoms with Crippen molar-refractivity contribution in [1.29, 1.82) is 0 Å². The van der Waals surface area contributed by atoms with Crippen molar-refractivity contribution in [2.75, 3.05) is 19.7 Å². The molecule has 4 rings (SSSR count). The summed E-state index contributed by atoms with van der Waals surface area (Å²) in [4.78, 5) is 27.1. The third kappa shape index (κ3) is 4.10. The van der Waals surface area contributed by atoms with Crippen molar-refractivity contribution in [2.24, 2.45) is 0 Å². The average molecular weight is 414 g/mol. The second kappa shape index (κ2) is 7.71. The van der Waals surface area contributed by atoms with E-state index in [2.05, 4.69) is 0 Å². The first kappa shape index (κ1) is 19.8. The molecule has 2 aromatic rings. The van der Waals surface area contributed by atoms with Gasteiger partial charge in [-0.2, -0.15) is 0 Å².